The first-order chi connectivity index (χ1) is 7.09. The molecule has 5 nitrogen and oxygen atoms in total. The van der Waals surface area contributed by atoms with Gasteiger partial charge in [0.2, 0.25) is 0 Å². The smallest absolute Gasteiger partial charge is 0.331 e. The molecular weight excluding hydrogens is 200 g/mol. The number of carboxylic acids is 1. The standard InChI is InChI=1S/C10H10O5/c1-7(8-3-2-6-14-8)15-10(13)5-4-9(11)12/h2-7H,1H3,(H,11,12)/b5-4-. The van der Waals surface area contributed by atoms with Crippen LogP contribution in [0.2, 0.25) is 0 Å². The van der Waals surface area contributed by atoms with E-state index in [4.69, 9.17) is 14.3 Å². The van der Waals surface area contributed by atoms with Gasteiger partial charge in [-0.15, -0.1) is 0 Å². The topological polar surface area (TPSA) is 76.7 Å². The Morgan fingerprint density at radius 3 is 2.80 bits per heavy atom. The molecule has 15 heavy (non-hydrogen) atoms. The molecule has 0 aliphatic rings. The van der Waals surface area contributed by atoms with Gasteiger partial charge in [0.25, 0.3) is 0 Å². The van der Waals surface area contributed by atoms with Crippen LogP contribution >= 0.6 is 0 Å². The summed E-state index contributed by atoms with van der Waals surface area (Å²) < 4.78 is 9.87. The van der Waals surface area contributed by atoms with Gasteiger partial charge in [-0.1, -0.05) is 0 Å². The monoisotopic (exact) mass is 210 g/mol. The van der Waals surface area contributed by atoms with Gasteiger partial charge in [-0.05, 0) is 19.1 Å². The molecule has 80 valence electrons. The predicted octanol–water partition coefficient (Wildman–Crippen LogP) is 1.52. The maximum Gasteiger partial charge on any atom is 0.331 e. The maximum absolute atomic E-state index is 11.0. The number of hydrogen-bond donors (Lipinski definition) is 1. The molecule has 1 aromatic heterocycles. The minimum atomic E-state index is -1.20. The van der Waals surface area contributed by atoms with Gasteiger partial charge in [-0.2, -0.15) is 0 Å². The Bertz CT molecular complexity index is 363. The largest absolute Gasteiger partial charge is 0.478 e. The molecule has 0 fully saturated rings. The fraction of sp³-hybridized carbons (Fsp3) is 0.200. The van der Waals surface area contributed by atoms with Crippen LogP contribution in [-0.4, -0.2) is 17.0 Å². The molecule has 1 unspecified atom stereocenters. The highest BCUT2D eigenvalue weighted by atomic mass is 16.5. The van der Waals surface area contributed by atoms with E-state index < -0.39 is 18.0 Å². The van der Waals surface area contributed by atoms with E-state index in [2.05, 4.69) is 0 Å². The Morgan fingerprint density at radius 1 is 1.53 bits per heavy atom. The van der Waals surface area contributed by atoms with E-state index in [1.165, 1.54) is 6.26 Å². The van der Waals surface area contributed by atoms with Crippen molar-refractivity contribution < 1.29 is 23.8 Å². The van der Waals surface area contributed by atoms with Crippen LogP contribution in [0.5, 0.6) is 0 Å². The zero-order valence-electron chi connectivity index (χ0n) is 8.04. The second-order valence-electron chi connectivity index (χ2n) is 2.77. The molecule has 0 aliphatic carbocycles. The number of carbonyl (C=O) groups excluding carboxylic acids is 1. The van der Waals surface area contributed by atoms with Gasteiger partial charge in [-0.3, -0.25) is 0 Å². The van der Waals surface area contributed by atoms with Crippen molar-refractivity contribution in [2.24, 2.45) is 0 Å². The van der Waals surface area contributed by atoms with Crippen molar-refractivity contribution in [1.82, 2.24) is 0 Å². The zero-order chi connectivity index (χ0) is 11.3. The third kappa shape index (κ3) is 3.68. The van der Waals surface area contributed by atoms with Crippen molar-refractivity contribution in [3.05, 3.63) is 36.3 Å². The first-order valence-corrected chi connectivity index (χ1v) is 4.24. The summed E-state index contributed by atoms with van der Waals surface area (Å²) >= 11 is 0. The molecule has 5 heteroatoms. The number of rotatable bonds is 4. The molecule has 1 atom stereocenters. The summed E-state index contributed by atoms with van der Waals surface area (Å²) in [5, 5.41) is 8.27. The zero-order valence-corrected chi connectivity index (χ0v) is 8.04. The Morgan fingerprint density at radius 2 is 2.27 bits per heavy atom. The van der Waals surface area contributed by atoms with E-state index in [1.54, 1.807) is 19.1 Å². The summed E-state index contributed by atoms with van der Waals surface area (Å²) in [5.74, 6) is -1.41. The number of esters is 1. The van der Waals surface area contributed by atoms with E-state index in [1.807, 2.05) is 0 Å². The first-order valence-electron chi connectivity index (χ1n) is 4.24. The summed E-state index contributed by atoms with van der Waals surface area (Å²) in [6.07, 6.45) is 2.50. The van der Waals surface area contributed by atoms with Crippen LogP contribution in [0.25, 0.3) is 0 Å². The van der Waals surface area contributed by atoms with Crippen LogP contribution in [0.4, 0.5) is 0 Å². The molecule has 0 aliphatic heterocycles. The van der Waals surface area contributed by atoms with Gasteiger partial charge in [0, 0.05) is 12.2 Å². The Balaban J connectivity index is 2.49. The van der Waals surface area contributed by atoms with Crippen molar-refractivity contribution >= 4 is 11.9 Å². The van der Waals surface area contributed by atoms with E-state index in [9.17, 15) is 9.59 Å². The molecule has 0 bridgehead atoms. The molecule has 0 amide bonds. The maximum atomic E-state index is 11.0. The second-order valence-corrected chi connectivity index (χ2v) is 2.77. The molecule has 0 saturated carbocycles. The van der Waals surface area contributed by atoms with Crippen molar-refractivity contribution in [3.63, 3.8) is 0 Å². The van der Waals surface area contributed by atoms with Crippen molar-refractivity contribution in [1.29, 1.82) is 0 Å². The van der Waals surface area contributed by atoms with Crippen molar-refractivity contribution in [2.45, 2.75) is 13.0 Å². The fourth-order valence-corrected chi connectivity index (χ4v) is 0.934. The minimum Gasteiger partial charge on any atom is -0.478 e. The molecular formula is C10H10O5. The number of carbonyl (C=O) groups is 2. The lowest BCUT2D eigenvalue weighted by Gasteiger charge is -2.07. The van der Waals surface area contributed by atoms with Gasteiger partial charge in [-0.25, -0.2) is 9.59 Å². The number of furan rings is 1. The van der Waals surface area contributed by atoms with Crippen LogP contribution in [-0.2, 0) is 14.3 Å². The predicted molar refractivity (Wildman–Crippen MR) is 50.0 cm³/mol. The summed E-state index contributed by atoms with van der Waals surface area (Å²) in [5.41, 5.74) is 0. The fourth-order valence-electron chi connectivity index (χ4n) is 0.934. The molecule has 1 N–H and O–H groups in total. The van der Waals surface area contributed by atoms with Crippen LogP contribution in [0.3, 0.4) is 0 Å². The Labute approximate surface area is 86.0 Å². The summed E-state index contributed by atoms with van der Waals surface area (Å²) in [4.78, 5) is 21.1. The minimum absolute atomic E-state index is 0.507. The number of hydrogen-bond acceptors (Lipinski definition) is 4. The van der Waals surface area contributed by atoms with Crippen molar-refractivity contribution in [2.75, 3.05) is 0 Å². The molecule has 1 heterocycles. The van der Waals surface area contributed by atoms with Crippen molar-refractivity contribution in [3.8, 4) is 0 Å². The quantitative estimate of drug-likeness (QED) is 0.602. The summed E-state index contributed by atoms with van der Waals surface area (Å²) in [6.45, 7) is 1.63. The van der Waals surface area contributed by atoms with Gasteiger partial charge in [0.1, 0.15) is 5.76 Å². The van der Waals surface area contributed by atoms with E-state index in [-0.39, 0.29) is 0 Å². The summed E-state index contributed by atoms with van der Waals surface area (Å²) in [7, 11) is 0. The number of ether oxygens (including phenoxy) is 1. The third-order valence-corrected chi connectivity index (χ3v) is 1.60. The van der Waals surface area contributed by atoms with E-state index >= 15 is 0 Å². The molecule has 0 aromatic carbocycles. The van der Waals surface area contributed by atoms with Crippen LogP contribution in [0, 0.1) is 0 Å². The van der Waals surface area contributed by atoms with Gasteiger partial charge >= 0.3 is 11.9 Å². The van der Waals surface area contributed by atoms with Crippen LogP contribution in [0.1, 0.15) is 18.8 Å². The summed E-state index contributed by atoms with van der Waals surface area (Å²) in [6, 6.07) is 3.34. The highest BCUT2D eigenvalue weighted by molar-refractivity contribution is 5.90. The Kier molecular flexibility index (Phi) is 3.68. The highest BCUT2D eigenvalue weighted by Crippen LogP contribution is 2.16. The molecule has 0 spiro atoms. The van der Waals surface area contributed by atoms with Gasteiger partial charge in [0.15, 0.2) is 6.10 Å². The average molecular weight is 210 g/mol. The molecule has 1 aromatic rings. The molecule has 0 radical (unpaired) electrons. The first kappa shape index (κ1) is 11.0. The molecule has 0 saturated heterocycles. The van der Waals surface area contributed by atoms with Crippen LogP contribution < -0.4 is 0 Å². The lowest BCUT2D eigenvalue weighted by molar-refractivity contribution is -0.143. The normalized spacial score (nSPS) is 12.6. The highest BCUT2D eigenvalue weighted by Gasteiger charge is 2.11. The lowest BCUT2D eigenvalue weighted by Crippen LogP contribution is -2.06. The lowest BCUT2D eigenvalue weighted by atomic mass is 10.3. The van der Waals surface area contributed by atoms with Gasteiger partial charge in [0.05, 0.1) is 6.26 Å². The van der Waals surface area contributed by atoms with Crippen LogP contribution in [0.15, 0.2) is 35.0 Å². The van der Waals surface area contributed by atoms with E-state index in [0.717, 1.165) is 12.2 Å². The van der Waals surface area contributed by atoms with Gasteiger partial charge < -0.3 is 14.3 Å². The average Bonchev–Trinajstić information content (AvgIpc) is 2.67. The van der Waals surface area contributed by atoms with E-state index in [0.29, 0.717) is 5.76 Å². The second kappa shape index (κ2) is 4.99. The number of aliphatic carboxylic acids is 1. The third-order valence-electron chi connectivity index (χ3n) is 1.60. The number of carboxylic acid groups (broad SMARTS) is 1. The Hall–Kier alpha value is -2.04. The SMILES string of the molecule is CC(OC(=O)/C=C\C(=O)O)c1ccco1. The molecule has 1 rings (SSSR count).